The highest BCUT2D eigenvalue weighted by Crippen LogP contribution is 2.21. The second-order valence-electron chi connectivity index (χ2n) is 3.18. The molecule has 0 aliphatic heterocycles. The first-order valence-electron chi connectivity index (χ1n) is 4.68. The summed E-state index contributed by atoms with van der Waals surface area (Å²) < 4.78 is 4.92. The molecule has 1 N–H and O–H groups in total. The minimum Gasteiger partial charge on any atom is -0.476 e. The molecule has 2 aromatic rings. The predicted molar refractivity (Wildman–Crippen MR) is 60.0 cm³/mol. The molecule has 84 valence electrons. The van der Waals surface area contributed by atoms with Gasteiger partial charge in [-0.05, 0) is 11.4 Å². The molecular formula is C10H10N2O3S. The van der Waals surface area contributed by atoms with Gasteiger partial charge in [-0.2, -0.15) is 0 Å². The van der Waals surface area contributed by atoms with Gasteiger partial charge in [-0.1, -0.05) is 0 Å². The fraction of sp³-hybridized carbons (Fsp3) is 0.300. The van der Waals surface area contributed by atoms with E-state index in [9.17, 15) is 4.79 Å². The van der Waals surface area contributed by atoms with Gasteiger partial charge in [-0.3, -0.25) is 0 Å². The molecule has 2 heterocycles. The zero-order chi connectivity index (χ0) is 11.5. The summed E-state index contributed by atoms with van der Waals surface area (Å²) in [6.07, 6.45) is 0.518. The van der Waals surface area contributed by atoms with Gasteiger partial charge in [0.05, 0.1) is 6.61 Å². The fourth-order valence-electron chi connectivity index (χ4n) is 1.37. The number of ether oxygens (including phenoxy) is 1. The van der Waals surface area contributed by atoms with Gasteiger partial charge in [0.15, 0.2) is 5.69 Å². The van der Waals surface area contributed by atoms with Crippen molar-refractivity contribution < 1.29 is 14.6 Å². The van der Waals surface area contributed by atoms with Gasteiger partial charge in [0, 0.05) is 18.9 Å². The third-order valence-corrected chi connectivity index (χ3v) is 2.91. The van der Waals surface area contributed by atoms with Crippen LogP contribution in [0.4, 0.5) is 0 Å². The number of hydrogen-bond acceptors (Lipinski definition) is 5. The van der Waals surface area contributed by atoms with Crippen LogP contribution in [0.1, 0.15) is 16.3 Å². The Hall–Kier alpha value is -1.53. The zero-order valence-electron chi connectivity index (χ0n) is 8.64. The summed E-state index contributed by atoms with van der Waals surface area (Å²) >= 11 is 1.41. The van der Waals surface area contributed by atoms with Crippen molar-refractivity contribution in [3.63, 3.8) is 0 Å². The van der Waals surface area contributed by atoms with Crippen molar-refractivity contribution in [2.24, 2.45) is 0 Å². The van der Waals surface area contributed by atoms with Gasteiger partial charge >= 0.3 is 5.97 Å². The second-order valence-corrected chi connectivity index (χ2v) is 4.07. The average Bonchev–Trinajstić information content (AvgIpc) is 2.72. The van der Waals surface area contributed by atoms with Crippen LogP contribution in [0.5, 0.6) is 0 Å². The van der Waals surface area contributed by atoms with Crippen LogP contribution in [0, 0.1) is 0 Å². The molecule has 0 bridgehead atoms. The van der Waals surface area contributed by atoms with Gasteiger partial charge in [0.2, 0.25) is 0 Å². The molecular weight excluding hydrogens is 228 g/mol. The highest BCUT2D eigenvalue weighted by Gasteiger charge is 2.14. The molecule has 6 heteroatoms. The largest absolute Gasteiger partial charge is 0.476 e. The maximum Gasteiger partial charge on any atom is 0.355 e. The Morgan fingerprint density at radius 1 is 1.56 bits per heavy atom. The molecule has 0 aliphatic carbocycles. The maximum absolute atomic E-state index is 11.0. The summed E-state index contributed by atoms with van der Waals surface area (Å²) in [5, 5.41) is 11.4. The van der Waals surface area contributed by atoms with Crippen molar-refractivity contribution in [3.05, 3.63) is 23.0 Å². The lowest BCUT2D eigenvalue weighted by molar-refractivity contribution is 0.0692. The van der Waals surface area contributed by atoms with Crippen molar-refractivity contribution in [1.29, 1.82) is 0 Å². The molecule has 2 aromatic heterocycles. The number of thiophene rings is 1. The first-order chi connectivity index (χ1) is 7.72. The summed E-state index contributed by atoms with van der Waals surface area (Å²) in [5.41, 5.74) is 0.0670. The van der Waals surface area contributed by atoms with E-state index in [2.05, 4.69) is 9.97 Å². The molecule has 0 aromatic carbocycles. The van der Waals surface area contributed by atoms with Crippen molar-refractivity contribution in [1.82, 2.24) is 9.97 Å². The number of hydrogen-bond donors (Lipinski definition) is 1. The van der Waals surface area contributed by atoms with Crippen molar-refractivity contribution >= 4 is 27.5 Å². The van der Waals surface area contributed by atoms with E-state index in [0.29, 0.717) is 29.1 Å². The first-order valence-corrected chi connectivity index (χ1v) is 5.56. The van der Waals surface area contributed by atoms with E-state index in [-0.39, 0.29) is 5.69 Å². The number of aromatic nitrogens is 2. The molecule has 0 aliphatic rings. The summed E-state index contributed by atoms with van der Waals surface area (Å²) in [4.78, 5) is 20.0. The normalized spacial score (nSPS) is 10.8. The van der Waals surface area contributed by atoms with E-state index in [1.54, 1.807) is 13.2 Å². The van der Waals surface area contributed by atoms with Gasteiger partial charge < -0.3 is 9.84 Å². The van der Waals surface area contributed by atoms with E-state index < -0.39 is 5.97 Å². The molecule has 5 nitrogen and oxygen atoms in total. The van der Waals surface area contributed by atoms with Crippen LogP contribution in [0.2, 0.25) is 0 Å². The van der Waals surface area contributed by atoms with E-state index in [1.807, 2.05) is 5.38 Å². The quantitative estimate of drug-likeness (QED) is 0.875. The van der Waals surface area contributed by atoms with Crippen LogP contribution in [-0.4, -0.2) is 34.8 Å². The third-order valence-electron chi connectivity index (χ3n) is 2.10. The number of carboxylic acid groups (broad SMARTS) is 1. The van der Waals surface area contributed by atoms with Crippen LogP contribution in [-0.2, 0) is 11.2 Å². The number of aromatic carboxylic acids is 1. The summed E-state index contributed by atoms with van der Waals surface area (Å²) in [5.74, 6) is -0.515. The molecule has 0 unspecified atom stereocenters. The van der Waals surface area contributed by atoms with Gasteiger partial charge in [-0.25, -0.2) is 14.8 Å². The van der Waals surface area contributed by atoms with Crippen LogP contribution in [0.3, 0.4) is 0 Å². The Morgan fingerprint density at radius 2 is 2.38 bits per heavy atom. The zero-order valence-corrected chi connectivity index (χ0v) is 9.45. The minimum atomic E-state index is -1.02. The summed E-state index contributed by atoms with van der Waals surface area (Å²) in [6, 6.07) is 1.73. The Kier molecular flexibility index (Phi) is 3.12. The fourth-order valence-corrected chi connectivity index (χ4v) is 2.15. The van der Waals surface area contributed by atoms with Crippen LogP contribution in [0.25, 0.3) is 10.2 Å². The van der Waals surface area contributed by atoms with Gasteiger partial charge in [-0.15, -0.1) is 11.3 Å². The Labute approximate surface area is 95.7 Å². The van der Waals surface area contributed by atoms with Gasteiger partial charge in [0.25, 0.3) is 0 Å². The number of carbonyl (C=O) groups is 1. The average molecular weight is 238 g/mol. The summed E-state index contributed by atoms with van der Waals surface area (Å²) in [7, 11) is 1.59. The highest BCUT2D eigenvalue weighted by molar-refractivity contribution is 7.16. The monoisotopic (exact) mass is 238 g/mol. The third kappa shape index (κ3) is 2.02. The molecule has 0 radical (unpaired) electrons. The number of rotatable bonds is 4. The molecule has 0 atom stereocenters. The number of fused-ring (bicyclic) bond motifs is 1. The number of carboxylic acids is 1. The van der Waals surface area contributed by atoms with Crippen LogP contribution >= 0.6 is 11.3 Å². The molecule has 0 amide bonds. The lowest BCUT2D eigenvalue weighted by Gasteiger charge is -2.02. The van der Waals surface area contributed by atoms with Crippen LogP contribution in [0.15, 0.2) is 11.4 Å². The Balaban J connectivity index is 2.48. The summed E-state index contributed by atoms with van der Waals surface area (Å²) in [6.45, 7) is 0.482. The molecule has 16 heavy (non-hydrogen) atoms. The van der Waals surface area contributed by atoms with Gasteiger partial charge in [0.1, 0.15) is 10.7 Å². The SMILES string of the molecule is COCCc1nc(C(=O)O)c2ccsc2n1. The first kappa shape index (κ1) is 11.0. The van der Waals surface area contributed by atoms with E-state index >= 15 is 0 Å². The molecule has 2 rings (SSSR count). The molecule has 0 saturated heterocycles. The van der Waals surface area contributed by atoms with E-state index in [1.165, 1.54) is 11.3 Å². The predicted octanol–water partition coefficient (Wildman–Crippen LogP) is 1.58. The topological polar surface area (TPSA) is 72.3 Å². The number of nitrogens with zero attached hydrogens (tertiary/aromatic N) is 2. The number of methoxy groups -OCH3 is 1. The second kappa shape index (κ2) is 4.54. The lowest BCUT2D eigenvalue weighted by atomic mass is 10.2. The van der Waals surface area contributed by atoms with E-state index in [4.69, 9.17) is 9.84 Å². The Morgan fingerprint density at radius 3 is 3.06 bits per heavy atom. The Bertz CT molecular complexity index is 524. The molecule has 0 fully saturated rings. The molecule has 0 spiro atoms. The van der Waals surface area contributed by atoms with Crippen molar-refractivity contribution in [3.8, 4) is 0 Å². The van der Waals surface area contributed by atoms with Crippen LogP contribution < -0.4 is 0 Å². The van der Waals surface area contributed by atoms with Crippen molar-refractivity contribution in [2.45, 2.75) is 6.42 Å². The minimum absolute atomic E-state index is 0.0670. The van der Waals surface area contributed by atoms with E-state index in [0.717, 1.165) is 0 Å². The maximum atomic E-state index is 11.0. The lowest BCUT2D eigenvalue weighted by Crippen LogP contribution is -2.07. The molecule has 0 saturated carbocycles. The highest BCUT2D eigenvalue weighted by atomic mass is 32.1. The van der Waals surface area contributed by atoms with Crippen molar-refractivity contribution in [2.75, 3.05) is 13.7 Å². The smallest absolute Gasteiger partial charge is 0.355 e. The standard InChI is InChI=1S/C10H10N2O3S/c1-15-4-2-7-11-8(10(13)14)6-3-5-16-9(6)12-7/h3,5H,2,4H2,1H3,(H,13,14).